The van der Waals surface area contributed by atoms with E-state index in [1.165, 1.54) is 5.56 Å². The number of aromatic nitrogens is 2. The van der Waals surface area contributed by atoms with Crippen LogP contribution in [0.3, 0.4) is 0 Å². The van der Waals surface area contributed by atoms with Crippen molar-refractivity contribution in [3.63, 3.8) is 0 Å². The van der Waals surface area contributed by atoms with Gasteiger partial charge in [0.2, 0.25) is 5.91 Å². The largest absolute Gasteiger partial charge is 0.486 e. The molecule has 3 aliphatic rings. The fourth-order valence-electron chi connectivity index (χ4n) is 6.08. The van der Waals surface area contributed by atoms with E-state index < -0.39 is 5.41 Å². The van der Waals surface area contributed by atoms with E-state index in [1.54, 1.807) is 0 Å². The third kappa shape index (κ3) is 2.56. The summed E-state index contributed by atoms with van der Waals surface area (Å²) in [5, 5.41) is 0. The summed E-state index contributed by atoms with van der Waals surface area (Å²) in [5.41, 5.74) is 5.61. The second kappa shape index (κ2) is 7.10. The van der Waals surface area contributed by atoms with Gasteiger partial charge in [-0.15, -0.1) is 0 Å². The molecule has 1 spiro atoms. The maximum atomic E-state index is 14.4. The highest BCUT2D eigenvalue weighted by atomic mass is 16.6. The minimum Gasteiger partial charge on any atom is -0.486 e. The average molecular weight is 452 g/mol. The summed E-state index contributed by atoms with van der Waals surface area (Å²) in [7, 11) is 2.02. The lowest BCUT2D eigenvalue weighted by atomic mass is 9.66. The highest BCUT2D eigenvalue weighted by Gasteiger charge is 2.54. The van der Waals surface area contributed by atoms with Gasteiger partial charge in [-0.25, -0.2) is 4.98 Å². The Bertz CT molecular complexity index is 1470. The Hall–Kier alpha value is -3.80. The van der Waals surface area contributed by atoms with Crippen molar-refractivity contribution in [2.24, 2.45) is 7.05 Å². The fraction of sp³-hybridized carbons (Fsp3) is 0.286. The van der Waals surface area contributed by atoms with Crippen LogP contribution in [0.5, 0.6) is 11.5 Å². The van der Waals surface area contributed by atoms with Crippen molar-refractivity contribution in [3.8, 4) is 11.5 Å². The number of carbonyl (C=O) groups is 1. The SMILES string of the molecule is Cn1c(CN2C(=O)C3(CCCc4cc5c(cc43)OCCO5)c3ccccc32)nc2ccccc21. The summed E-state index contributed by atoms with van der Waals surface area (Å²) >= 11 is 0. The van der Waals surface area contributed by atoms with Crippen LogP contribution in [0.25, 0.3) is 11.0 Å². The maximum Gasteiger partial charge on any atom is 0.242 e. The average Bonchev–Trinajstić information content (AvgIpc) is 3.31. The first kappa shape index (κ1) is 19.6. The van der Waals surface area contributed by atoms with Crippen LogP contribution in [-0.2, 0) is 30.2 Å². The zero-order valence-corrected chi connectivity index (χ0v) is 19.1. The highest BCUT2D eigenvalue weighted by molar-refractivity contribution is 6.10. The van der Waals surface area contributed by atoms with Gasteiger partial charge in [-0.3, -0.25) is 4.79 Å². The fourth-order valence-corrected chi connectivity index (χ4v) is 6.08. The van der Waals surface area contributed by atoms with Crippen molar-refractivity contribution < 1.29 is 14.3 Å². The molecule has 1 atom stereocenters. The number of amides is 1. The molecule has 6 heteroatoms. The van der Waals surface area contributed by atoms with Crippen molar-refractivity contribution in [1.82, 2.24) is 9.55 Å². The molecule has 170 valence electrons. The lowest BCUT2D eigenvalue weighted by Crippen LogP contribution is -2.43. The van der Waals surface area contributed by atoms with Crippen molar-refractivity contribution in [3.05, 3.63) is 83.2 Å². The standard InChI is InChI=1S/C28H25N3O3/c1-30-23-11-5-3-9-21(23)29-26(30)17-31-22-10-4-2-8-19(22)28(27(31)32)12-6-7-18-15-24-25(16-20(18)28)34-14-13-33-24/h2-5,8-11,15-16H,6-7,12-14,17H2,1H3. The first-order valence-corrected chi connectivity index (χ1v) is 11.9. The number of fused-ring (bicyclic) bond motifs is 6. The molecule has 0 bridgehead atoms. The Morgan fingerprint density at radius 1 is 0.971 bits per heavy atom. The van der Waals surface area contributed by atoms with Crippen LogP contribution in [0.1, 0.15) is 35.4 Å². The molecule has 0 fully saturated rings. The van der Waals surface area contributed by atoms with Gasteiger partial charge >= 0.3 is 0 Å². The predicted molar refractivity (Wildman–Crippen MR) is 129 cm³/mol. The minimum atomic E-state index is -0.704. The molecule has 3 aromatic carbocycles. The number of nitrogens with zero attached hydrogens (tertiary/aromatic N) is 3. The number of para-hydroxylation sites is 3. The third-order valence-corrected chi connectivity index (χ3v) is 7.67. The number of hydrogen-bond acceptors (Lipinski definition) is 4. The van der Waals surface area contributed by atoms with Gasteiger partial charge in [-0.2, -0.15) is 0 Å². The molecule has 6 nitrogen and oxygen atoms in total. The number of aryl methyl sites for hydroxylation is 2. The highest BCUT2D eigenvalue weighted by Crippen LogP contribution is 2.54. The first-order valence-electron chi connectivity index (χ1n) is 11.9. The van der Waals surface area contributed by atoms with E-state index in [9.17, 15) is 4.79 Å². The van der Waals surface area contributed by atoms with E-state index in [1.807, 2.05) is 42.3 Å². The van der Waals surface area contributed by atoms with Crippen LogP contribution in [0.15, 0.2) is 60.7 Å². The van der Waals surface area contributed by atoms with Crippen LogP contribution in [-0.4, -0.2) is 28.7 Å². The summed E-state index contributed by atoms with van der Waals surface area (Å²) in [6.07, 6.45) is 2.68. The van der Waals surface area contributed by atoms with Crippen LogP contribution in [0.2, 0.25) is 0 Å². The monoisotopic (exact) mass is 451 g/mol. The summed E-state index contributed by atoms with van der Waals surface area (Å²) in [6.45, 7) is 1.52. The summed E-state index contributed by atoms with van der Waals surface area (Å²) in [4.78, 5) is 21.2. The molecule has 34 heavy (non-hydrogen) atoms. The van der Waals surface area contributed by atoms with Crippen molar-refractivity contribution in [1.29, 1.82) is 0 Å². The molecule has 1 aliphatic carbocycles. The molecular weight excluding hydrogens is 426 g/mol. The van der Waals surface area contributed by atoms with Gasteiger partial charge in [0, 0.05) is 12.7 Å². The number of benzene rings is 3. The number of carbonyl (C=O) groups excluding carboxylic acids is 1. The third-order valence-electron chi connectivity index (χ3n) is 7.67. The zero-order valence-electron chi connectivity index (χ0n) is 19.1. The molecule has 0 saturated carbocycles. The molecule has 0 radical (unpaired) electrons. The Morgan fingerprint density at radius 2 is 1.74 bits per heavy atom. The van der Waals surface area contributed by atoms with Crippen LogP contribution < -0.4 is 14.4 Å². The quantitative estimate of drug-likeness (QED) is 0.450. The molecule has 2 aliphatic heterocycles. The van der Waals surface area contributed by atoms with E-state index in [4.69, 9.17) is 14.5 Å². The van der Waals surface area contributed by atoms with Crippen LogP contribution >= 0.6 is 0 Å². The number of imidazole rings is 1. The van der Waals surface area contributed by atoms with Gasteiger partial charge in [0.25, 0.3) is 0 Å². The molecule has 3 heterocycles. The summed E-state index contributed by atoms with van der Waals surface area (Å²) in [6, 6.07) is 20.5. The number of anilines is 1. The van der Waals surface area contributed by atoms with Crippen LogP contribution in [0, 0.1) is 0 Å². The Morgan fingerprint density at radius 3 is 2.59 bits per heavy atom. The Kier molecular flexibility index (Phi) is 4.10. The Labute approximate surface area is 197 Å². The molecule has 1 aromatic heterocycles. The topological polar surface area (TPSA) is 56.6 Å². The second-order valence-corrected chi connectivity index (χ2v) is 9.40. The van der Waals surface area contributed by atoms with E-state index in [0.717, 1.165) is 64.4 Å². The molecule has 4 aromatic rings. The van der Waals surface area contributed by atoms with Crippen molar-refractivity contribution in [2.75, 3.05) is 18.1 Å². The lowest BCUT2D eigenvalue weighted by molar-refractivity contribution is -0.122. The Balaban J connectivity index is 1.38. The van der Waals surface area contributed by atoms with E-state index >= 15 is 0 Å². The molecule has 1 amide bonds. The van der Waals surface area contributed by atoms with Gasteiger partial charge in [0.1, 0.15) is 24.5 Å². The van der Waals surface area contributed by atoms with Gasteiger partial charge in [-0.05, 0) is 66.3 Å². The summed E-state index contributed by atoms with van der Waals surface area (Å²) < 4.78 is 13.9. The zero-order chi connectivity index (χ0) is 22.9. The first-order chi connectivity index (χ1) is 16.7. The molecule has 0 saturated heterocycles. The van der Waals surface area contributed by atoms with E-state index in [0.29, 0.717) is 19.8 Å². The number of ether oxygens (including phenoxy) is 2. The predicted octanol–water partition coefficient (Wildman–Crippen LogP) is 4.51. The normalized spacial score (nSPS) is 20.6. The van der Waals surface area contributed by atoms with E-state index in [2.05, 4.69) is 34.9 Å². The maximum absolute atomic E-state index is 14.4. The molecule has 1 unspecified atom stereocenters. The van der Waals surface area contributed by atoms with E-state index in [-0.39, 0.29) is 5.91 Å². The minimum absolute atomic E-state index is 0.124. The summed E-state index contributed by atoms with van der Waals surface area (Å²) in [5.74, 6) is 2.53. The van der Waals surface area contributed by atoms with Gasteiger partial charge in [-0.1, -0.05) is 30.3 Å². The molecule has 0 N–H and O–H groups in total. The van der Waals surface area contributed by atoms with Crippen molar-refractivity contribution in [2.45, 2.75) is 31.2 Å². The number of hydrogen-bond donors (Lipinski definition) is 0. The molecular formula is C28H25N3O3. The van der Waals surface area contributed by atoms with Gasteiger partial charge < -0.3 is 18.9 Å². The number of rotatable bonds is 2. The second-order valence-electron chi connectivity index (χ2n) is 9.40. The van der Waals surface area contributed by atoms with Crippen molar-refractivity contribution >= 4 is 22.6 Å². The lowest BCUT2D eigenvalue weighted by Gasteiger charge is -2.36. The van der Waals surface area contributed by atoms with Crippen LogP contribution in [0.4, 0.5) is 5.69 Å². The van der Waals surface area contributed by atoms with Gasteiger partial charge in [0.15, 0.2) is 11.5 Å². The van der Waals surface area contributed by atoms with Gasteiger partial charge in [0.05, 0.1) is 17.6 Å². The smallest absolute Gasteiger partial charge is 0.242 e. The molecule has 7 rings (SSSR count).